The van der Waals surface area contributed by atoms with Crippen molar-refractivity contribution in [1.29, 1.82) is 0 Å². The molecule has 0 saturated heterocycles. The zero-order valence-electron chi connectivity index (χ0n) is 12.8. The van der Waals surface area contributed by atoms with Crippen molar-refractivity contribution in [2.24, 2.45) is 0 Å². The summed E-state index contributed by atoms with van der Waals surface area (Å²) in [5, 5.41) is 0. The number of halogens is 1. The van der Waals surface area contributed by atoms with E-state index in [0.717, 1.165) is 43.4 Å². The first-order valence-electron chi connectivity index (χ1n) is 7.60. The molecule has 4 heteroatoms. The second-order valence-corrected chi connectivity index (χ2v) is 7.74. The van der Waals surface area contributed by atoms with Gasteiger partial charge in [0.15, 0.2) is 0 Å². The lowest BCUT2D eigenvalue weighted by Gasteiger charge is -2.24. The Kier molecular flexibility index (Phi) is 9.43. The molecule has 1 atom stereocenters. The first-order chi connectivity index (χ1) is 9.72. The van der Waals surface area contributed by atoms with Crippen LogP contribution in [0.5, 0.6) is 0 Å². The van der Waals surface area contributed by atoms with E-state index in [-0.39, 0.29) is 0 Å². The first-order valence-corrected chi connectivity index (χ1v) is 9.79. The van der Waals surface area contributed by atoms with Crippen molar-refractivity contribution in [1.82, 2.24) is 0 Å². The van der Waals surface area contributed by atoms with Gasteiger partial charge in [-0.2, -0.15) is 0 Å². The molecule has 0 amide bonds. The van der Waals surface area contributed by atoms with Gasteiger partial charge >= 0.3 is 9.28 Å². The lowest BCUT2D eigenvalue weighted by molar-refractivity contribution is 0.187. The lowest BCUT2D eigenvalue weighted by atomic mass is 10.1. The molecule has 0 heterocycles. The van der Waals surface area contributed by atoms with Gasteiger partial charge in [-0.15, -0.1) is 0 Å². The van der Waals surface area contributed by atoms with Crippen molar-refractivity contribution in [2.45, 2.75) is 52.0 Å². The molecule has 20 heavy (non-hydrogen) atoms. The van der Waals surface area contributed by atoms with Gasteiger partial charge in [-0.3, -0.25) is 0 Å². The van der Waals surface area contributed by atoms with Crippen LogP contribution >= 0.6 is 15.9 Å². The largest absolute Gasteiger partial charge is 0.393 e. The number of benzene rings is 1. The molecule has 1 unspecified atom stereocenters. The molecule has 0 bridgehead atoms. The van der Waals surface area contributed by atoms with Crippen molar-refractivity contribution in [3.8, 4) is 0 Å². The van der Waals surface area contributed by atoms with Crippen LogP contribution in [-0.2, 0) is 8.85 Å². The summed E-state index contributed by atoms with van der Waals surface area (Å²) >= 11 is 3.57. The highest BCUT2D eigenvalue weighted by Crippen LogP contribution is 2.27. The minimum atomic E-state index is -1.26. The van der Waals surface area contributed by atoms with E-state index in [2.05, 4.69) is 61.0 Å². The molecule has 1 aromatic carbocycles. The van der Waals surface area contributed by atoms with Gasteiger partial charge in [-0.05, 0) is 37.0 Å². The molecule has 0 N–H and O–H groups in total. The van der Waals surface area contributed by atoms with Gasteiger partial charge in [0.05, 0.1) is 0 Å². The fraction of sp³-hybridized carbons (Fsp3) is 0.625. The van der Waals surface area contributed by atoms with Gasteiger partial charge in [0.2, 0.25) is 0 Å². The fourth-order valence-corrected chi connectivity index (χ4v) is 4.77. The van der Waals surface area contributed by atoms with Gasteiger partial charge in [-0.25, -0.2) is 0 Å². The highest BCUT2D eigenvalue weighted by atomic mass is 79.9. The normalized spacial score (nSPS) is 12.8. The minimum absolute atomic E-state index is 0.403. The molecule has 0 aromatic heterocycles. The van der Waals surface area contributed by atoms with Gasteiger partial charge in [-0.1, -0.05) is 55.3 Å². The molecule has 0 aliphatic carbocycles. The summed E-state index contributed by atoms with van der Waals surface area (Å²) in [6.07, 6.45) is 4.36. The maximum Gasteiger partial charge on any atom is 0.392 e. The van der Waals surface area contributed by atoms with Crippen LogP contribution in [-0.4, -0.2) is 22.5 Å². The summed E-state index contributed by atoms with van der Waals surface area (Å²) in [5.41, 5.74) is 1.74. The Morgan fingerprint density at radius 2 is 1.70 bits per heavy atom. The first kappa shape index (κ1) is 17.9. The Bertz CT molecular complexity index is 365. The van der Waals surface area contributed by atoms with E-state index in [1.165, 1.54) is 5.56 Å². The predicted octanol–water partition coefficient (Wildman–Crippen LogP) is 5.21. The molecule has 2 nitrogen and oxygen atoms in total. The number of hydrogen-bond acceptors (Lipinski definition) is 2. The maximum absolute atomic E-state index is 6.07. The van der Waals surface area contributed by atoms with Gasteiger partial charge < -0.3 is 8.85 Å². The smallest absolute Gasteiger partial charge is 0.392 e. The van der Waals surface area contributed by atoms with E-state index in [9.17, 15) is 0 Å². The van der Waals surface area contributed by atoms with Crippen molar-refractivity contribution in [3.63, 3.8) is 0 Å². The van der Waals surface area contributed by atoms with Crippen LogP contribution in [0.25, 0.3) is 0 Å². The summed E-state index contributed by atoms with van der Waals surface area (Å²) in [6.45, 7) is 8.11. The third kappa shape index (κ3) is 6.08. The van der Waals surface area contributed by atoms with Crippen LogP contribution in [0.1, 0.15) is 57.6 Å². The molecule has 1 aromatic rings. The zero-order chi connectivity index (χ0) is 14.8. The Morgan fingerprint density at radius 3 is 2.20 bits per heavy atom. The van der Waals surface area contributed by atoms with Crippen LogP contribution < -0.4 is 0 Å². The van der Waals surface area contributed by atoms with Crippen LogP contribution in [0.4, 0.5) is 0 Å². The Balaban J connectivity index is 2.87. The van der Waals surface area contributed by atoms with Crippen molar-refractivity contribution < 1.29 is 8.85 Å². The van der Waals surface area contributed by atoms with E-state index in [1.54, 1.807) is 0 Å². The third-order valence-electron chi connectivity index (χ3n) is 3.01. The van der Waals surface area contributed by atoms with E-state index in [0.29, 0.717) is 5.54 Å². The molecular weight excluding hydrogens is 332 g/mol. The van der Waals surface area contributed by atoms with Crippen LogP contribution in [0, 0.1) is 0 Å². The topological polar surface area (TPSA) is 18.5 Å². The van der Waals surface area contributed by atoms with Crippen molar-refractivity contribution >= 4 is 25.2 Å². The molecule has 0 aliphatic heterocycles. The monoisotopic (exact) mass is 357 g/mol. The predicted molar refractivity (Wildman–Crippen MR) is 90.0 cm³/mol. The summed E-state index contributed by atoms with van der Waals surface area (Å²) < 4.78 is 13.3. The number of hydrogen-bond donors (Lipinski definition) is 0. The molecule has 1 radical (unpaired) electrons. The van der Waals surface area contributed by atoms with E-state index in [1.807, 2.05) is 0 Å². The second kappa shape index (κ2) is 10.5. The third-order valence-corrected chi connectivity index (χ3v) is 5.67. The van der Waals surface area contributed by atoms with Crippen LogP contribution in [0.15, 0.2) is 28.7 Å². The fourth-order valence-electron chi connectivity index (χ4n) is 2.08. The Morgan fingerprint density at radius 1 is 1.05 bits per heavy atom. The van der Waals surface area contributed by atoms with Crippen LogP contribution in [0.2, 0.25) is 0 Å². The van der Waals surface area contributed by atoms with E-state index >= 15 is 0 Å². The lowest BCUT2D eigenvalue weighted by Crippen LogP contribution is -2.32. The molecule has 0 aliphatic rings. The molecule has 113 valence electrons. The maximum atomic E-state index is 6.07. The van der Waals surface area contributed by atoms with Crippen molar-refractivity contribution in [3.05, 3.63) is 34.3 Å². The number of rotatable bonds is 10. The van der Waals surface area contributed by atoms with E-state index in [4.69, 9.17) is 8.85 Å². The Labute approximate surface area is 133 Å². The molecule has 0 spiro atoms. The molecule has 0 saturated carbocycles. The van der Waals surface area contributed by atoms with Gasteiger partial charge in [0.1, 0.15) is 0 Å². The molecule has 0 fully saturated rings. The highest BCUT2D eigenvalue weighted by molar-refractivity contribution is 9.10. The van der Waals surface area contributed by atoms with E-state index < -0.39 is 9.28 Å². The Hall–Kier alpha value is -0.163. The SMILES string of the molecule is CCCO[Si](OCCC)C(CCC)c1cccc(Br)c1. The van der Waals surface area contributed by atoms with Gasteiger partial charge in [0, 0.05) is 23.2 Å². The van der Waals surface area contributed by atoms with Crippen molar-refractivity contribution in [2.75, 3.05) is 13.2 Å². The summed E-state index contributed by atoms with van der Waals surface area (Å²) in [7, 11) is -1.26. The molecule has 1 rings (SSSR count). The average molecular weight is 358 g/mol. The van der Waals surface area contributed by atoms with Crippen LogP contribution in [0.3, 0.4) is 0 Å². The zero-order valence-corrected chi connectivity index (χ0v) is 15.4. The van der Waals surface area contributed by atoms with Gasteiger partial charge in [0.25, 0.3) is 0 Å². The highest BCUT2D eigenvalue weighted by Gasteiger charge is 2.29. The average Bonchev–Trinajstić information content (AvgIpc) is 2.45. The minimum Gasteiger partial charge on any atom is -0.393 e. The second-order valence-electron chi connectivity index (χ2n) is 4.91. The standard InChI is InChI=1S/C16H26BrO2Si/c1-4-8-16(14-9-7-10-15(17)13-14)20(18-11-5-2)19-12-6-3/h7,9-10,13,16H,4-6,8,11-12H2,1-3H3. The summed E-state index contributed by atoms with van der Waals surface area (Å²) in [5.74, 6) is 0. The quantitative estimate of drug-likeness (QED) is 0.534. The summed E-state index contributed by atoms with van der Waals surface area (Å²) in [6, 6.07) is 8.57. The summed E-state index contributed by atoms with van der Waals surface area (Å²) in [4.78, 5) is 0. The molecular formula is C16H26BrO2Si.